The highest BCUT2D eigenvalue weighted by molar-refractivity contribution is 4.46. The Hall–Kier alpha value is -0.0400. The molecular formula is C8H18O. The van der Waals surface area contributed by atoms with Gasteiger partial charge in [-0.05, 0) is 12.8 Å². The van der Waals surface area contributed by atoms with Crippen LogP contribution in [0.15, 0.2) is 0 Å². The summed E-state index contributed by atoms with van der Waals surface area (Å²) in [6, 6.07) is 0. The Kier molecular flexibility index (Phi) is 7.92. The van der Waals surface area contributed by atoms with Gasteiger partial charge in [0.25, 0.3) is 0 Å². The second-order valence-corrected chi connectivity index (χ2v) is 2.03. The summed E-state index contributed by atoms with van der Waals surface area (Å²) < 4.78 is 5.19. The standard InChI is InChI=1S/C6H12O.C2H6/c1-2-4-6-7-5-3-1;1-2/h1-6H2;1-2H3. The van der Waals surface area contributed by atoms with E-state index in [1.807, 2.05) is 13.8 Å². The summed E-state index contributed by atoms with van der Waals surface area (Å²) in [6.07, 6.45) is 5.31. The molecule has 0 bridgehead atoms. The van der Waals surface area contributed by atoms with Gasteiger partial charge in [0, 0.05) is 13.2 Å². The topological polar surface area (TPSA) is 9.23 Å². The highest BCUT2D eigenvalue weighted by atomic mass is 16.5. The summed E-state index contributed by atoms with van der Waals surface area (Å²) in [6.45, 7) is 6.00. The monoisotopic (exact) mass is 130 g/mol. The lowest BCUT2D eigenvalue weighted by Crippen LogP contribution is -1.89. The van der Waals surface area contributed by atoms with Crippen LogP contribution in [0.5, 0.6) is 0 Å². The van der Waals surface area contributed by atoms with Crippen molar-refractivity contribution in [3.63, 3.8) is 0 Å². The third-order valence-corrected chi connectivity index (χ3v) is 1.33. The maximum Gasteiger partial charge on any atom is 0.0466 e. The number of rotatable bonds is 0. The van der Waals surface area contributed by atoms with Crippen molar-refractivity contribution < 1.29 is 4.74 Å². The van der Waals surface area contributed by atoms with Crippen LogP contribution in [0.4, 0.5) is 0 Å². The molecule has 0 amide bonds. The second-order valence-electron chi connectivity index (χ2n) is 2.03. The molecule has 1 heterocycles. The first-order valence-electron chi connectivity index (χ1n) is 4.08. The summed E-state index contributed by atoms with van der Waals surface area (Å²) in [5, 5.41) is 0. The lowest BCUT2D eigenvalue weighted by molar-refractivity contribution is 0.144. The zero-order chi connectivity index (χ0) is 6.95. The molecule has 1 fully saturated rings. The summed E-state index contributed by atoms with van der Waals surface area (Å²) in [5.74, 6) is 0. The normalized spacial score (nSPS) is 19.3. The summed E-state index contributed by atoms with van der Waals surface area (Å²) in [5.41, 5.74) is 0. The molecule has 0 saturated carbocycles. The van der Waals surface area contributed by atoms with E-state index in [4.69, 9.17) is 4.74 Å². The van der Waals surface area contributed by atoms with E-state index in [0.717, 1.165) is 13.2 Å². The van der Waals surface area contributed by atoms with Crippen molar-refractivity contribution in [2.75, 3.05) is 13.2 Å². The van der Waals surface area contributed by atoms with Crippen molar-refractivity contribution in [1.29, 1.82) is 0 Å². The molecule has 0 aromatic heterocycles. The molecule has 9 heavy (non-hydrogen) atoms. The zero-order valence-corrected chi connectivity index (χ0v) is 6.65. The van der Waals surface area contributed by atoms with Crippen molar-refractivity contribution in [1.82, 2.24) is 0 Å². The largest absolute Gasteiger partial charge is 0.381 e. The van der Waals surface area contributed by atoms with Gasteiger partial charge in [0.15, 0.2) is 0 Å². The Labute approximate surface area is 58.4 Å². The maximum atomic E-state index is 5.19. The molecular weight excluding hydrogens is 112 g/mol. The van der Waals surface area contributed by atoms with E-state index in [1.165, 1.54) is 25.7 Å². The van der Waals surface area contributed by atoms with Gasteiger partial charge < -0.3 is 4.74 Å². The van der Waals surface area contributed by atoms with E-state index < -0.39 is 0 Å². The Morgan fingerprint density at radius 1 is 0.778 bits per heavy atom. The van der Waals surface area contributed by atoms with Gasteiger partial charge in [-0.25, -0.2) is 0 Å². The van der Waals surface area contributed by atoms with Gasteiger partial charge in [-0.15, -0.1) is 0 Å². The van der Waals surface area contributed by atoms with Crippen LogP contribution in [0.1, 0.15) is 39.5 Å². The van der Waals surface area contributed by atoms with E-state index in [1.54, 1.807) is 0 Å². The summed E-state index contributed by atoms with van der Waals surface area (Å²) in [7, 11) is 0. The quantitative estimate of drug-likeness (QED) is 0.489. The van der Waals surface area contributed by atoms with Gasteiger partial charge in [0.05, 0.1) is 0 Å². The van der Waals surface area contributed by atoms with Crippen LogP contribution in [-0.4, -0.2) is 13.2 Å². The molecule has 1 nitrogen and oxygen atoms in total. The average Bonchev–Trinajstić information content (AvgIpc) is 2.21. The van der Waals surface area contributed by atoms with Gasteiger partial charge in [0.1, 0.15) is 0 Å². The third-order valence-electron chi connectivity index (χ3n) is 1.33. The minimum absolute atomic E-state index is 1.00. The zero-order valence-electron chi connectivity index (χ0n) is 6.65. The van der Waals surface area contributed by atoms with Crippen molar-refractivity contribution >= 4 is 0 Å². The molecule has 0 aromatic rings. The van der Waals surface area contributed by atoms with Crippen molar-refractivity contribution in [2.24, 2.45) is 0 Å². The van der Waals surface area contributed by atoms with E-state index in [-0.39, 0.29) is 0 Å². The SMILES string of the molecule is C1CCCOCC1.CC. The maximum absolute atomic E-state index is 5.19. The van der Waals surface area contributed by atoms with Gasteiger partial charge in [-0.3, -0.25) is 0 Å². The highest BCUT2D eigenvalue weighted by Gasteiger charge is 1.95. The van der Waals surface area contributed by atoms with Crippen LogP contribution in [-0.2, 0) is 4.74 Å². The molecule has 1 heteroatoms. The molecule has 0 spiro atoms. The molecule has 56 valence electrons. The molecule has 0 N–H and O–H groups in total. The van der Waals surface area contributed by atoms with Crippen LogP contribution >= 0.6 is 0 Å². The highest BCUT2D eigenvalue weighted by Crippen LogP contribution is 2.04. The number of hydrogen-bond donors (Lipinski definition) is 0. The predicted octanol–water partition coefficient (Wildman–Crippen LogP) is 2.60. The number of ether oxygens (including phenoxy) is 1. The van der Waals surface area contributed by atoms with Gasteiger partial charge in [-0.2, -0.15) is 0 Å². The first-order valence-corrected chi connectivity index (χ1v) is 4.08. The molecule has 1 rings (SSSR count). The minimum Gasteiger partial charge on any atom is -0.381 e. The van der Waals surface area contributed by atoms with Crippen LogP contribution in [0.3, 0.4) is 0 Å². The fraction of sp³-hybridized carbons (Fsp3) is 1.00. The molecule has 0 atom stereocenters. The fourth-order valence-electron chi connectivity index (χ4n) is 0.864. The smallest absolute Gasteiger partial charge is 0.0466 e. The van der Waals surface area contributed by atoms with Crippen LogP contribution in [0.25, 0.3) is 0 Å². The van der Waals surface area contributed by atoms with Gasteiger partial charge in [0.2, 0.25) is 0 Å². The van der Waals surface area contributed by atoms with E-state index in [9.17, 15) is 0 Å². The minimum atomic E-state index is 1.00. The fourth-order valence-corrected chi connectivity index (χ4v) is 0.864. The Bertz CT molecular complexity index is 24.2. The molecule has 0 aromatic carbocycles. The molecule has 1 saturated heterocycles. The summed E-state index contributed by atoms with van der Waals surface area (Å²) in [4.78, 5) is 0. The predicted molar refractivity (Wildman–Crippen MR) is 40.6 cm³/mol. The Morgan fingerprint density at radius 3 is 1.67 bits per heavy atom. The van der Waals surface area contributed by atoms with E-state index in [2.05, 4.69) is 0 Å². The van der Waals surface area contributed by atoms with Crippen LogP contribution < -0.4 is 0 Å². The molecule has 1 aliphatic rings. The molecule has 0 aliphatic carbocycles. The summed E-state index contributed by atoms with van der Waals surface area (Å²) >= 11 is 0. The van der Waals surface area contributed by atoms with Crippen LogP contribution in [0, 0.1) is 0 Å². The average molecular weight is 130 g/mol. The number of hydrogen-bond acceptors (Lipinski definition) is 1. The van der Waals surface area contributed by atoms with Crippen molar-refractivity contribution in [2.45, 2.75) is 39.5 Å². The molecule has 0 unspecified atom stereocenters. The first kappa shape index (κ1) is 8.96. The lowest BCUT2D eigenvalue weighted by Gasteiger charge is -1.91. The van der Waals surface area contributed by atoms with E-state index in [0.29, 0.717) is 0 Å². The van der Waals surface area contributed by atoms with E-state index >= 15 is 0 Å². The third kappa shape index (κ3) is 5.84. The molecule has 0 radical (unpaired) electrons. The van der Waals surface area contributed by atoms with Crippen molar-refractivity contribution in [3.05, 3.63) is 0 Å². The molecule has 1 aliphatic heterocycles. The van der Waals surface area contributed by atoms with Gasteiger partial charge >= 0.3 is 0 Å². The first-order chi connectivity index (χ1) is 4.50. The second kappa shape index (κ2) is 7.96. The Balaban J connectivity index is 0.000000291. The van der Waals surface area contributed by atoms with Crippen molar-refractivity contribution in [3.8, 4) is 0 Å². The lowest BCUT2D eigenvalue weighted by atomic mass is 10.2. The van der Waals surface area contributed by atoms with Crippen LogP contribution in [0.2, 0.25) is 0 Å². The Morgan fingerprint density at radius 2 is 1.22 bits per heavy atom. The van der Waals surface area contributed by atoms with Gasteiger partial charge in [-0.1, -0.05) is 26.7 Å².